The Labute approximate surface area is 166 Å². The standard InChI is InChI=1S/C20H42N6O/c1-5-21-20(22-7-8-25-11-9-24(6-2)10-12-25)23-15-19-17-26(13-14-27-19)16-18(3)4/h18-19H,5-17H2,1-4H3,(H2,21,22,23). The van der Waals surface area contributed by atoms with Crippen molar-refractivity contribution in [3.8, 4) is 0 Å². The molecule has 0 aromatic carbocycles. The minimum atomic E-state index is 0.204. The van der Waals surface area contributed by atoms with E-state index < -0.39 is 0 Å². The average molecular weight is 383 g/mol. The molecule has 0 aliphatic carbocycles. The number of guanidine groups is 1. The molecule has 158 valence electrons. The molecule has 0 saturated carbocycles. The zero-order chi connectivity index (χ0) is 19.5. The number of piperazine rings is 1. The molecule has 7 heteroatoms. The quantitative estimate of drug-likeness (QED) is 0.448. The van der Waals surface area contributed by atoms with Gasteiger partial charge in [0.25, 0.3) is 0 Å². The van der Waals surface area contributed by atoms with Crippen molar-refractivity contribution >= 4 is 5.96 Å². The smallest absolute Gasteiger partial charge is 0.191 e. The van der Waals surface area contributed by atoms with Gasteiger partial charge in [-0.3, -0.25) is 14.8 Å². The molecular formula is C20H42N6O. The van der Waals surface area contributed by atoms with E-state index in [1.807, 2.05) is 0 Å². The molecule has 2 heterocycles. The van der Waals surface area contributed by atoms with E-state index in [9.17, 15) is 0 Å². The minimum absolute atomic E-state index is 0.204. The fourth-order valence-corrected chi connectivity index (χ4v) is 3.77. The van der Waals surface area contributed by atoms with Crippen LogP contribution in [0, 0.1) is 5.92 Å². The monoisotopic (exact) mass is 382 g/mol. The van der Waals surface area contributed by atoms with Crippen molar-refractivity contribution in [2.24, 2.45) is 10.9 Å². The topological polar surface area (TPSA) is 55.4 Å². The summed E-state index contributed by atoms with van der Waals surface area (Å²) < 4.78 is 5.92. The largest absolute Gasteiger partial charge is 0.374 e. The van der Waals surface area contributed by atoms with Gasteiger partial charge in [0, 0.05) is 65.4 Å². The Kier molecular flexibility index (Phi) is 10.4. The van der Waals surface area contributed by atoms with Crippen LogP contribution in [0.4, 0.5) is 0 Å². The van der Waals surface area contributed by atoms with Gasteiger partial charge in [-0.15, -0.1) is 0 Å². The summed E-state index contributed by atoms with van der Waals surface area (Å²) >= 11 is 0. The molecule has 0 bridgehead atoms. The van der Waals surface area contributed by atoms with Crippen molar-refractivity contribution < 1.29 is 4.74 Å². The lowest BCUT2D eigenvalue weighted by atomic mass is 10.2. The second-order valence-electron chi connectivity index (χ2n) is 8.07. The fourth-order valence-electron chi connectivity index (χ4n) is 3.77. The maximum Gasteiger partial charge on any atom is 0.191 e. The highest BCUT2D eigenvalue weighted by atomic mass is 16.5. The third kappa shape index (κ3) is 8.77. The number of hydrogen-bond donors (Lipinski definition) is 2. The van der Waals surface area contributed by atoms with Gasteiger partial charge in [0.15, 0.2) is 5.96 Å². The predicted molar refractivity (Wildman–Crippen MR) is 114 cm³/mol. The predicted octanol–water partition coefficient (Wildman–Crippen LogP) is 0.536. The van der Waals surface area contributed by atoms with Crippen LogP contribution in [-0.2, 0) is 4.74 Å². The van der Waals surface area contributed by atoms with Gasteiger partial charge in [0.2, 0.25) is 0 Å². The van der Waals surface area contributed by atoms with Crippen molar-refractivity contribution in [3.63, 3.8) is 0 Å². The van der Waals surface area contributed by atoms with Crippen LogP contribution in [-0.4, -0.2) is 112 Å². The van der Waals surface area contributed by atoms with E-state index in [2.05, 4.69) is 53.0 Å². The summed E-state index contributed by atoms with van der Waals surface area (Å²) in [7, 11) is 0. The van der Waals surface area contributed by atoms with Crippen molar-refractivity contribution in [1.29, 1.82) is 0 Å². The highest BCUT2D eigenvalue weighted by Gasteiger charge is 2.21. The van der Waals surface area contributed by atoms with E-state index in [1.165, 1.54) is 32.7 Å². The van der Waals surface area contributed by atoms with Crippen LogP contribution in [0.1, 0.15) is 27.7 Å². The zero-order valence-electron chi connectivity index (χ0n) is 18.0. The van der Waals surface area contributed by atoms with E-state index in [0.717, 1.165) is 58.4 Å². The molecule has 2 N–H and O–H groups in total. The van der Waals surface area contributed by atoms with Crippen LogP contribution in [0.3, 0.4) is 0 Å². The summed E-state index contributed by atoms with van der Waals surface area (Å²) in [4.78, 5) is 12.3. The van der Waals surface area contributed by atoms with Crippen molar-refractivity contribution in [2.75, 3.05) is 85.1 Å². The first-order valence-electron chi connectivity index (χ1n) is 10.9. The minimum Gasteiger partial charge on any atom is -0.374 e. The second kappa shape index (κ2) is 12.5. The summed E-state index contributed by atoms with van der Waals surface area (Å²) in [5.74, 6) is 1.61. The van der Waals surface area contributed by atoms with Crippen LogP contribution >= 0.6 is 0 Å². The van der Waals surface area contributed by atoms with Crippen LogP contribution in [0.15, 0.2) is 4.99 Å². The first-order valence-corrected chi connectivity index (χ1v) is 10.9. The van der Waals surface area contributed by atoms with Crippen molar-refractivity contribution in [3.05, 3.63) is 0 Å². The molecule has 2 fully saturated rings. The third-order valence-corrected chi connectivity index (χ3v) is 5.28. The maximum atomic E-state index is 5.92. The SMILES string of the molecule is CCNC(=NCC1CN(CC(C)C)CCO1)NCCN1CCN(CC)CC1. The molecule has 0 spiro atoms. The molecule has 0 radical (unpaired) electrons. The Hall–Kier alpha value is -0.890. The highest BCUT2D eigenvalue weighted by Crippen LogP contribution is 2.08. The fraction of sp³-hybridized carbons (Fsp3) is 0.950. The first-order chi connectivity index (χ1) is 13.1. The zero-order valence-corrected chi connectivity index (χ0v) is 18.0. The molecule has 2 aliphatic heterocycles. The van der Waals surface area contributed by atoms with E-state index in [0.29, 0.717) is 5.92 Å². The van der Waals surface area contributed by atoms with Gasteiger partial charge in [-0.25, -0.2) is 0 Å². The van der Waals surface area contributed by atoms with Gasteiger partial charge in [0.05, 0.1) is 19.3 Å². The number of nitrogens with zero attached hydrogens (tertiary/aromatic N) is 4. The second-order valence-corrected chi connectivity index (χ2v) is 8.07. The van der Waals surface area contributed by atoms with Gasteiger partial charge >= 0.3 is 0 Å². The Balaban J connectivity index is 1.70. The molecule has 2 saturated heterocycles. The van der Waals surface area contributed by atoms with Gasteiger partial charge in [-0.05, 0) is 19.4 Å². The molecule has 0 aromatic rings. The highest BCUT2D eigenvalue weighted by molar-refractivity contribution is 5.79. The molecule has 27 heavy (non-hydrogen) atoms. The van der Waals surface area contributed by atoms with Crippen molar-refractivity contribution in [1.82, 2.24) is 25.3 Å². The van der Waals surface area contributed by atoms with Gasteiger partial charge in [-0.2, -0.15) is 0 Å². The van der Waals surface area contributed by atoms with Crippen molar-refractivity contribution in [2.45, 2.75) is 33.8 Å². The van der Waals surface area contributed by atoms with Crippen LogP contribution in [0.2, 0.25) is 0 Å². The third-order valence-electron chi connectivity index (χ3n) is 5.28. The summed E-state index contributed by atoms with van der Waals surface area (Å²) in [6, 6.07) is 0. The van der Waals surface area contributed by atoms with Crippen LogP contribution < -0.4 is 10.6 Å². The number of hydrogen-bond acceptors (Lipinski definition) is 5. The average Bonchev–Trinajstić information content (AvgIpc) is 2.66. The number of morpholine rings is 1. The van der Waals surface area contributed by atoms with Crippen LogP contribution in [0.5, 0.6) is 0 Å². The molecule has 2 rings (SSSR count). The summed E-state index contributed by atoms with van der Waals surface area (Å²) in [5.41, 5.74) is 0. The number of rotatable bonds is 9. The molecule has 7 nitrogen and oxygen atoms in total. The van der Waals surface area contributed by atoms with Crippen LogP contribution in [0.25, 0.3) is 0 Å². The lowest BCUT2D eigenvalue weighted by Crippen LogP contribution is -2.49. The molecule has 1 unspecified atom stereocenters. The summed E-state index contributed by atoms with van der Waals surface area (Å²) in [6.45, 7) is 22.4. The lowest BCUT2D eigenvalue weighted by molar-refractivity contribution is -0.0261. The maximum absolute atomic E-state index is 5.92. The van der Waals surface area contributed by atoms with E-state index in [4.69, 9.17) is 9.73 Å². The van der Waals surface area contributed by atoms with Gasteiger partial charge < -0.3 is 20.3 Å². The Morgan fingerprint density at radius 2 is 1.78 bits per heavy atom. The van der Waals surface area contributed by atoms with Gasteiger partial charge in [0.1, 0.15) is 0 Å². The lowest BCUT2D eigenvalue weighted by Gasteiger charge is -2.34. The number of likely N-dealkylation sites (N-methyl/N-ethyl adjacent to an activating group) is 1. The Morgan fingerprint density at radius 1 is 1.04 bits per heavy atom. The number of nitrogens with one attached hydrogen (secondary N) is 2. The van der Waals surface area contributed by atoms with E-state index in [1.54, 1.807) is 0 Å². The molecule has 0 aromatic heterocycles. The number of ether oxygens (including phenoxy) is 1. The summed E-state index contributed by atoms with van der Waals surface area (Å²) in [6.07, 6.45) is 0.204. The molecule has 0 amide bonds. The Bertz CT molecular complexity index is 423. The normalized spacial score (nSPS) is 23.7. The number of aliphatic imine (C=N–C) groups is 1. The first kappa shape index (κ1) is 22.4. The van der Waals surface area contributed by atoms with Gasteiger partial charge in [-0.1, -0.05) is 20.8 Å². The molecule has 2 aliphatic rings. The van der Waals surface area contributed by atoms with E-state index >= 15 is 0 Å². The molecular weight excluding hydrogens is 340 g/mol. The molecule has 1 atom stereocenters. The van der Waals surface area contributed by atoms with E-state index in [-0.39, 0.29) is 6.10 Å². The Morgan fingerprint density at radius 3 is 2.44 bits per heavy atom. The summed E-state index contributed by atoms with van der Waals surface area (Å²) in [5, 5.41) is 6.85.